The number of nitriles is 1. The van der Waals surface area contributed by atoms with Crippen molar-refractivity contribution in [2.75, 3.05) is 0 Å². The molecule has 90 valence electrons. The maximum absolute atomic E-state index is 9.33. The van der Waals surface area contributed by atoms with Gasteiger partial charge in [-0.05, 0) is 12.8 Å². The van der Waals surface area contributed by atoms with E-state index >= 15 is 0 Å². The summed E-state index contributed by atoms with van der Waals surface area (Å²) in [5.41, 5.74) is 0. The second-order valence-electron chi connectivity index (χ2n) is 4.05. The van der Waals surface area contributed by atoms with Gasteiger partial charge in [-0.3, -0.25) is 0 Å². The van der Waals surface area contributed by atoms with Gasteiger partial charge in [0.2, 0.25) is 0 Å². The van der Waals surface area contributed by atoms with Crippen molar-refractivity contribution >= 4 is 0 Å². The first-order valence-electron chi connectivity index (χ1n) is 6.34. The van der Waals surface area contributed by atoms with E-state index in [1.807, 2.05) is 6.07 Å². The Bertz CT molecular complexity index is 244. The van der Waals surface area contributed by atoms with Crippen molar-refractivity contribution in [2.24, 2.45) is 0 Å². The van der Waals surface area contributed by atoms with E-state index in [2.05, 4.69) is 18.8 Å². The Morgan fingerprint density at radius 2 is 1.75 bits per heavy atom. The fourth-order valence-corrected chi connectivity index (χ4v) is 1.46. The summed E-state index contributed by atoms with van der Waals surface area (Å²) in [6.45, 7) is 2.22. The summed E-state index contributed by atoms with van der Waals surface area (Å²) in [6.07, 6.45) is 8.72. The summed E-state index contributed by atoms with van der Waals surface area (Å²) in [5.74, 6) is 5.75. The molecule has 0 amide bonds. The van der Waals surface area contributed by atoms with Gasteiger partial charge in [0.05, 0.1) is 6.07 Å². The van der Waals surface area contributed by atoms with Crippen LogP contribution in [-0.4, -0.2) is 11.2 Å². The van der Waals surface area contributed by atoms with Crippen LogP contribution in [0.2, 0.25) is 0 Å². The van der Waals surface area contributed by atoms with Gasteiger partial charge in [-0.25, -0.2) is 0 Å². The van der Waals surface area contributed by atoms with E-state index in [0.717, 1.165) is 12.8 Å². The SMILES string of the molecule is CCCCCCCCC#CC(O)CCC#N. The van der Waals surface area contributed by atoms with Crippen molar-refractivity contribution in [3.05, 3.63) is 0 Å². The van der Waals surface area contributed by atoms with Crippen LogP contribution >= 0.6 is 0 Å². The van der Waals surface area contributed by atoms with Crippen LogP contribution in [0.15, 0.2) is 0 Å². The van der Waals surface area contributed by atoms with E-state index in [9.17, 15) is 5.11 Å². The summed E-state index contributed by atoms with van der Waals surface area (Å²) in [6, 6.07) is 2.00. The summed E-state index contributed by atoms with van der Waals surface area (Å²) in [5, 5.41) is 17.6. The number of nitrogens with zero attached hydrogens (tertiary/aromatic N) is 1. The number of aliphatic hydroxyl groups excluding tert-OH is 1. The molecule has 0 spiro atoms. The molecule has 1 atom stereocenters. The second-order valence-corrected chi connectivity index (χ2v) is 4.05. The molecule has 0 aromatic carbocycles. The minimum atomic E-state index is -0.611. The van der Waals surface area contributed by atoms with Crippen molar-refractivity contribution < 1.29 is 5.11 Å². The molecule has 0 saturated carbocycles. The molecule has 0 rings (SSSR count). The standard InChI is InChI=1S/C14H23NO/c1-2-3-4-5-6-7-8-9-11-14(16)12-10-13-15/h14,16H,2-8,10,12H2,1H3. The molecule has 0 heterocycles. The molecular weight excluding hydrogens is 198 g/mol. The van der Waals surface area contributed by atoms with Crippen molar-refractivity contribution in [3.63, 3.8) is 0 Å². The summed E-state index contributed by atoms with van der Waals surface area (Å²) >= 11 is 0. The fraction of sp³-hybridized carbons (Fsp3) is 0.786. The quantitative estimate of drug-likeness (QED) is 0.504. The average Bonchev–Trinajstić information content (AvgIpc) is 2.30. The third kappa shape index (κ3) is 11.1. The lowest BCUT2D eigenvalue weighted by molar-refractivity contribution is 0.224. The molecule has 0 aliphatic carbocycles. The smallest absolute Gasteiger partial charge is 0.115 e. The molecule has 0 aliphatic rings. The molecule has 1 N–H and O–H groups in total. The normalized spacial score (nSPS) is 11.3. The Hall–Kier alpha value is -0.990. The van der Waals surface area contributed by atoms with Gasteiger partial charge in [0.15, 0.2) is 0 Å². The van der Waals surface area contributed by atoms with Gasteiger partial charge in [0.1, 0.15) is 6.10 Å². The average molecular weight is 221 g/mol. The zero-order valence-electron chi connectivity index (χ0n) is 10.3. The minimum absolute atomic E-state index is 0.382. The first-order valence-corrected chi connectivity index (χ1v) is 6.34. The number of hydrogen-bond acceptors (Lipinski definition) is 2. The molecule has 0 aromatic heterocycles. The molecular formula is C14H23NO. The molecule has 0 aromatic rings. The van der Waals surface area contributed by atoms with E-state index in [0.29, 0.717) is 12.8 Å². The van der Waals surface area contributed by atoms with Crippen molar-refractivity contribution in [2.45, 2.75) is 70.8 Å². The van der Waals surface area contributed by atoms with Gasteiger partial charge >= 0.3 is 0 Å². The largest absolute Gasteiger partial charge is 0.380 e. The van der Waals surface area contributed by atoms with Crippen LogP contribution in [0.3, 0.4) is 0 Å². The van der Waals surface area contributed by atoms with E-state index in [-0.39, 0.29) is 0 Å². The van der Waals surface area contributed by atoms with Crippen LogP contribution in [0.4, 0.5) is 0 Å². The third-order valence-electron chi connectivity index (χ3n) is 2.45. The Labute approximate surface area is 99.7 Å². The van der Waals surface area contributed by atoms with Gasteiger partial charge < -0.3 is 5.11 Å². The minimum Gasteiger partial charge on any atom is -0.380 e. The lowest BCUT2D eigenvalue weighted by atomic mass is 10.1. The highest BCUT2D eigenvalue weighted by Gasteiger charge is 1.96. The van der Waals surface area contributed by atoms with Gasteiger partial charge in [-0.1, -0.05) is 44.9 Å². The Balaban J connectivity index is 3.30. The van der Waals surface area contributed by atoms with Gasteiger partial charge in [0.25, 0.3) is 0 Å². The molecule has 0 saturated heterocycles. The maximum atomic E-state index is 9.33. The highest BCUT2D eigenvalue weighted by molar-refractivity contribution is 5.04. The molecule has 0 radical (unpaired) electrons. The van der Waals surface area contributed by atoms with Crippen molar-refractivity contribution in [1.82, 2.24) is 0 Å². The first kappa shape index (κ1) is 15.0. The zero-order valence-corrected chi connectivity index (χ0v) is 10.3. The Kier molecular flexibility index (Phi) is 11.3. The lowest BCUT2D eigenvalue weighted by Gasteiger charge is -1.98. The number of rotatable bonds is 8. The van der Waals surface area contributed by atoms with E-state index in [1.54, 1.807) is 0 Å². The highest BCUT2D eigenvalue weighted by atomic mass is 16.3. The molecule has 0 bridgehead atoms. The fourth-order valence-electron chi connectivity index (χ4n) is 1.46. The predicted octanol–water partition coefficient (Wildman–Crippen LogP) is 3.41. The van der Waals surface area contributed by atoms with Gasteiger partial charge in [-0.15, -0.1) is 5.92 Å². The molecule has 0 aliphatic heterocycles. The van der Waals surface area contributed by atoms with Gasteiger partial charge in [0, 0.05) is 12.8 Å². The molecule has 2 heteroatoms. The predicted molar refractivity (Wildman–Crippen MR) is 66.6 cm³/mol. The zero-order chi connectivity index (χ0) is 12.1. The summed E-state index contributed by atoms with van der Waals surface area (Å²) in [7, 11) is 0. The maximum Gasteiger partial charge on any atom is 0.115 e. The topological polar surface area (TPSA) is 44.0 Å². The van der Waals surface area contributed by atoms with Crippen LogP contribution in [0, 0.1) is 23.2 Å². The van der Waals surface area contributed by atoms with Crippen LogP contribution in [0.25, 0.3) is 0 Å². The molecule has 1 unspecified atom stereocenters. The third-order valence-corrected chi connectivity index (χ3v) is 2.45. The molecule has 16 heavy (non-hydrogen) atoms. The van der Waals surface area contributed by atoms with E-state index in [1.165, 1.54) is 32.1 Å². The second kappa shape index (κ2) is 12.1. The lowest BCUT2D eigenvalue weighted by Crippen LogP contribution is -2.01. The van der Waals surface area contributed by atoms with Crippen LogP contribution in [-0.2, 0) is 0 Å². The van der Waals surface area contributed by atoms with Crippen molar-refractivity contribution in [3.8, 4) is 17.9 Å². The Morgan fingerprint density at radius 3 is 2.44 bits per heavy atom. The monoisotopic (exact) mass is 221 g/mol. The number of aliphatic hydroxyl groups is 1. The highest BCUT2D eigenvalue weighted by Crippen LogP contribution is 2.06. The van der Waals surface area contributed by atoms with Crippen molar-refractivity contribution in [1.29, 1.82) is 5.26 Å². The molecule has 0 fully saturated rings. The van der Waals surface area contributed by atoms with Crippen LogP contribution < -0.4 is 0 Å². The number of unbranched alkanes of at least 4 members (excludes halogenated alkanes) is 6. The summed E-state index contributed by atoms with van der Waals surface area (Å²) in [4.78, 5) is 0. The first-order chi connectivity index (χ1) is 7.81. The van der Waals surface area contributed by atoms with E-state index in [4.69, 9.17) is 5.26 Å². The van der Waals surface area contributed by atoms with Crippen LogP contribution in [0.5, 0.6) is 0 Å². The molecule has 2 nitrogen and oxygen atoms in total. The Morgan fingerprint density at radius 1 is 1.06 bits per heavy atom. The summed E-state index contributed by atoms with van der Waals surface area (Å²) < 4.78 is 0. The number of hydrogen-bond donors (Lipinski definition) is 1. The van der Waals surface area contributed by atoms with Crippen LogP contribution in [0.1, 0.15) is 64.7 Å². The van der Waals surface area contributed by atoms with Gasteiger partial charge in [-0.2, -0.15) is 5.26 Å². The van der Waals surface area contributed by atoms with E-state index < -0.39 is 6.10 Å².